The second-order valence-electron chi connectivity index (χ2n) is 5.28. The predicted molar refractivity (Wildman–Crippen MR) is 62.7 cm³/mol. The van der Waals surface area contributed by atoms with Crippen LogP contribution < -0.4 is 0 Å². The summed E-state index contributed by atoms with van der Waals surface area (Å²) >= 11 is 1.92. The summed E-state index contributed by atoms with van der Waals surface area (Å²) in [6, 6.07) is 0. The van der Waals surface area contributed by atoms with Gasteiger partial charge in [-0.2, -0.15) is 0 Å². The standard InChI is InChI=1S/C12H19NOS/c14-10-9-15-11-12(5-2-1-3-6-12)7-4-8-13(10)11/h11H,1-9H2. The minimum Gasteiger partial charge on any atom is -0.329 e. The lowest BCUT2D eigenvalue weighted by molar-refractivity contribution is -0.132. The highest BCUT2D eigenvalue weighted by atomic mass is 32.2. The SMILES string of the molecule is O=C1CSC2N1CCCC21CCCCC1. The maximum absolute atomic E-state index is 11.7. The number of piperidine rings is 1. The molecule has 2 aliphatic heterocycles. The van der Waals surface area contributed by atoms with Crippen LogP contribution in [0.5, 0.6) is 0 Å². The second-order valence-corrected chi connectivity index (χ2v) is 6.35. The molecule has 3 fully saturated rings. The van der Waals surface area contributed by atoms with Crippen molar-refractivity contribution in [1.82, 2.24) is 4.90 Å². The lowest BCUT2D eigenvalue weighted by atomic mass is 9.69. The summed E-state index contributed by atoms with van der Waals surface area (Å²) < 4.78 is 0. The van der Waals surface area contributed by atoms with Gasteiger partial charge in [-0.1, -0.05) is 19.3 Å². The van der Waals surface area contributed by atoms with E-state index in [1.165, 1.54) is 44.9 Å². The van der Waals surface area contributed by atoms with Crippen molar-refractivity contribution in [2.24, 2.45) is 5.41 Å². The first kappa shape index (κ1) is 10.0. The molecule has 0 aromatic carbocycles. The largest absolute Gasteiger partial charge is 0.329 e. The summed E-state index contributed by atoms with van der Waals surface area (Å²) in [6.07, 6.45) is 9.53. The highest BCUT2D eigenvalue weighted by molar-refractivity contribution is 8.01. The quantitative estimate of drug-likeness (QED) is 0.631. The smallest absolute Gasteiger partial charge is 0.233 e. The van der Waals surface area contributed by atoms with Crippen LogP contribution in [-0.2, 0) is 4.79 Å². The van der Waals surface area contributed by atoms with Gasteiger partial charge >= 0.3 is 0 Å². The molecule has 15 heavy (non-hydrogen) atoms. The van der Waals surface area contributed by atoms with Gasteiger partial charge in [0.2, 0.25) is 5.91 Å². The van der Waals surface area contributed by atoms with Gasteiger partial charge in [-0.3, -0.25) is 4.79 Å². The highest BCUT2D eigenvalue weighted by Gasteiger charge is 2.49. The molecular weight excluding hydrogens is 206 g/mol. The first-order valence-corrected chi connectivity index (χ1v) is 7.28. The fourth-order valence-corrected chi connectivity index (χ4v) is 5.26. The molecule has 0 N–H and O–H groups in total. The molecule has 2 saturated heterocycles. The molecule has 2 nitrogen and oxygen atoms in total. The average Bonchev–Trinajstić information content (AvgIpc) is 2.64. The Bertz CT molecular complexity index is 267. The van der Waals surface area contributed by atoms with Crippen LogP contribution in [-0.4, -0.2) is 28.5 Å². The Kier molecular flexibility index (Phi) is 2.46. The van der Waals surface area contributed by atoms with Gasteiger partial charge in [0.05, 0.1) is 11.1 Å². The number of hydrogen-bond acceptors (Lipinski definition) is 2. The Morgan fingerprint density at radius 2 is 1.87 bits per heavy atom. The predicted octanol–water partition coefficient (Wildman–Crippen LogP) is 2.63. The Balaban J connectivity index is 1.85. The van der Waals surface area contributed by atoms with Gasteiger partial charge in [0, 0.05) is 12.0 Å². The van der Waals surface area contributed by atoms with Crippen LogP contribution >= 0.6 is 11.8 Å². The van der Waals surface area contributed by atoms with Gasteiger partial charge in [0.1, 0.15) is 0 Å². The van der Waals surface area contributed by atoms with E-state index >= 15 is 0 Å². The zero-order chi connectivity index (χ0) is 10.3. The van der Waals surface area contributed by atoms with E-state index < -0.39 is 0 Å². The summed E-state index contributed by atoms with van der Waals surface area (Å²) in [5, 5.41) is 0.541. The normalized spacial score (nSPS) is 34.5. The molecule has 1 amide bonds. The van der Waals surface area contributed by atoms with Crippen molar-refractivity contribution in [1.29, 1.82) is 0 Å². The van der Waals surface area contributed by atoms with E-state index in [0.717, 1.165) is 12.3 Å². The molecular formula is C12H19NOS. The zero-order valence-corrected chi connectivity index (χ0v) is 10.0. The molecule has 1 spiro atoms. The van der Waals surface area contributed by atoms with Gasteiger partial charge in [0.25, 0.3) is 0 Å². The van der Waals surface area contributed by atoms with E-state index in [-0.39, 0.29) is 0 Å². The minimum atomic E-state index is 0.398. The molecule has 1 saturated carbocycles. The summed E-state index contributed by atoms with van der Waals surface area (Å²) in [4.78, 5) is 13.9. The number of carbonyl (C=O) groups excluding carboxylic acids is 1. The molecule has 3 rings (SSSR count). The van der Waals surface area contributed by atoms with Crippen LogP contribution in [0.1, 0.15) is 44.9 Å². The molecule has 3 heteroatoms. The van der Waals surface area contributed by atoms with Crippen LogP contribution in [0.3, 0.4) is 0 Å². The van der Waals surface area contributed by atoms with E-state index in [1.54, 1.807) is 0 Å². The van der Waals surface area contributed by atoms with Crippen molar-refractivity contribution in [3.8, 4) is 0 Å². The number of hydrogen-bond donors (Lipinski definition) is 0. The number of rotatable bonds is 0. The van der Waals surface area contributed by atoms with Crippen molar-refractivity contribution in [3.63, 3.8) is 0 Å². The second kappa shape index (κ2) is 3.69. The summed E-state index contributed by atoms with van der Waals surface area (Å²) in [5.41, 5.74) is 0.507. The molecule has 1 unspecified atom stereocenters. The van der Waals surface area contributed by atoms with Gasteiger partial charge in [-0.05, 0) is 25.7 Å². The van der Waals surface area contributed by atoms with Crippen LogP contribution in [0, 0.1) is 5.41 Å². The maximum atomic E-state index is 11.7. The van der Waals surface area contributed by atoms with Crippen molar-refractivity contribution in [2.45, 2.75) is 50.3 Å². The van der Waals surface area contributed by atoms with E-state index in [1.807, 2.05) is 11.8 Å². The minimum absolute atomic E-state index is 0.398. The van der Waals surface area contributed by atoms with Gasteiger partial charge < -0.3 is 4.90 Å². The van der Waals surface area contributed by atoms with E-state index in [2.05, 4.69) is 4.90 Å². The summed E-state index contributed by atoms with van der Waals surface area (Å²) in [7, 11) is 0. The zero-order valence-electron chi connectivity index (χ0n) is 9.21. The molecule has 0 bridgehead atoms. The molecule has 1 atom stereocenters. The van der Waals surface area contributed by atoms with E-state index in [9.17, 15) is 4.79 Å². The van der Waals surface area contributed by atoms with Crippen LogP contribution in [0.25, 0.3) is 0 Å². The average molecular weight is 225 g/mol. The van der Waals surface area contributed by atoms with Crippen molar-refractivity contribution in [2.75, 3.05) is 12.3 Å². The fourth-order valence-electron chi connectivity index (χ4n) is 3.68. The molecule has 84 valence electrons. The third-order valence-electron chi connectivity index (χ3n) is 4.41. The maximum Gasteiger partial charge on any atom is 0.233 e. The Morgan fingerprint density at radius 3 is 2.67 bits per heavy atom. The highest BCUT2D eigenvalue weighted by Crippen LogP contribution is 2.52. The summed E-state index contributed by atoms with van der Waals surface area (Å²) in [5.74, 6) is 1.14. The van der Waals surface area contributed by atoms with Crippen LogP contribution in [0.15, 0.2) is 0 Å². The number of thioether (sulfide) groups is 1. The molecule has 0 aromatic heterocycles. The number of amides is 1. The molecule has 0 radical (unpaired) electrons. The van der Waals surface area contributed by atoms with Crippen LogP contribution in [0.2, 0.25) is 0 Å². The topological polar surface area (TPSA) is 20.3 Å². The molecule has 0 aromatic rings. The van der Waals surface area contributed by atoms with Gasteiger partial charge in [-0.15, -0.1) is 11.8 Å². The first-order chi connectivity index (χ1) is 7.32. The van der Waals surface area contributed by atoms with Gasteiger partial charge in [-0.25, -0.2) is 0 Å². The Morgan fingerprint density at radius 1 is 1.13 bits per heavy atom. The van der Waals surface area contributed by atoms with Crippen molar-refractivity contribution in [3.05, 3.63) is 0 Å². The van der Waals surface area contributed by atoms with E-state index in [0.29, 0.717) is 16.7 Å². The molecule has 3 aliphatic rings. The monoisotopic (exact) mass is 225 g/mol. The molecule has 1 aliphatic carbocycles. The number of fused-ring (bicyclic) bond motifs is 2. The van der Waals surface area contributed by atoms with Crippen molar-refractivity contribution < 1.29 is 4.79 Å². The first-order valence-electron chi connectivity index (χ1n) is 6.23. The summed E-state index contributed by atoms with van der Waals surface area (Å²) in [6.45, 7) is 1.03. The molecule has 2 heterocycles. The number of nitrogens with zero attached hydrogens (tertiary/aromatic N) is 1. The lowest BCUT2D eigenvalue weighted by Crippen LogP contribution is -2.50. The third-order valence-corrected chi connectivity index (χ3v) is 5.90. The third kappa shape index (κ3) is 1.50. The lowest BCUT2D eigenvalue weighted by Gasteiger charge is -2.48. The number of carbonyl (C=O) groups is 1. The van der Waals surface area contributed by atoms with E-state index in [4.69, 9.17) is 0 Å². The fraction of sp³-hybridized carbons (Fsp3) is 0.917. The Hall–Kier alpha value is -0.180. The Labute approximate surface area is 95.8 Å². The van der Waals surface area contributed by atoms with Gasteiger partial charge in [0.15, 0.2) is 0 Å². The van der Waals surface area contributed by atoms with Crippen molar-refractivity contribution >= 4 is 17.7 Å². The van der Waals surface area contributed by atoms with Crippen LogP contribution in [0.4, 0.5) is 0 Å².